The second kappa shape index (κ2) is 6.01. The van der Waals surface area contributed by atoms with Crippen molar-refractivity contribution in [3.8, 4) is 0 Å². The van der Waals surface area contributed by atoms with Gasteiger partial charge in [0.2, 0.25) is 5.91 Å². The first-order valence-corrected chi connectivity index (χ1v) is 6.40. The highest BCUT2D eigenvalue weighted by atomic mass is 16.2. The summed E-state index contributed by atoms with van der Waals surface area (Å²) >= 11 is 0. The Balaban J connectivity index is 2.49. The van der Waals surface area contributed by atoms with Crippen molar-refractivity contribution in [3.63, 3.8) is 0 Å². The molecule has 0 saturated carbocycles. The molecule has 3 nitrogen and oxygen atoms in total. The van der Waals surface area contributed by atoms with Crippen LogP contribution < -0.4 is 11.1 Å². The normalized spacial score (nSPS) is 14.9. The van der Waals surface area contributed by atoms with Crippen LogP contribution in [0.1, 0.15) is 39.2 Å². The van der Waals surface area contributed by atoms with E-state index in [4.69, 9.17) is 5.73 Å². The highest BCUT2D eigenvalue weighted by Gasteiger charge is 2.27. The second-order valence-corrected chi connectivity index (χ2v) is 5.90. The van der Waals surface area contributed by atoms with Gasteiger partial charge in [-0.25, -0.2) is 0 Å². The van der Waals surface area contributed by atoms with Crippen molar-refractivity contribution in [2.24, 2.45) is 11.1 Å². The number of amides is 1. The largest absolute Gasteiger partial charge is 0.354 e. The third-order valence-corrected chi connectivity index (χ3v) is 3.17. The van der Waals surface area contributed by atoms with Gasteiger partial charge in [-0.1, -0.05) is 58.0 Å². The zero-order valence-electron chi connectivity index (χ0n) is 11.7. The van der Waals surface area contributed by atoms with Crippen LogP contribution in [0.4, 0.5) is 0 Å². The Morgan fingerprint density at radius 2 is 1.83 bits per heavy atom. The average Bonchev–Trinajstić information content (AvgIpc) is 2.34. The molecule has 0 saturated heterocycles. The maximum Gasteiger partial charge on any atom is 0.237 e. The predicted molar refractivity (Wildman–Crippen MR) is 75.3 cm³/mol. The van der Waals surface area contributed by atoms with Crippen LogP contribution in [0.5, 0.6) is 0 Å². The highest BCUT2D eigenvalue weighted by Crippen LogP contribution is 2.18. The molecule has 1 aromatic rings. The standard InChI is InChI=1S/C15H24N2O/c1-11(12-8-6-5-7-9-12)10-17-14(18)13(16)15(2,3)4/h5-9,11,13H,10,16H2,1-4H3,(H,17,18)/t11?,13-/m0/s1. The zero-order chi connectivity index (χ0) is 13.8. The number of rotatable bonds is 4. The van der Waals surface area contributed by atoms with Crippen molar-refractivity contribution < 1.29 is 4.79 Å². The maximum atomic E-state index is 11.9. The zero-order valence-corrected chi connectivity index (χ0v) is 11.7. The summed E-state index contributed by atoms with van der Waals surface area (Å²) in [5.41, 5.74) is 6.92. The van der Waals surface area contributed by atoms with E-state index in [1.54, 1.807) is 0 Å². The fourth-order valence-electron chi connectivity index (χ4n) is 1.66. The van der Waals surface area contributed by atoms with Crippen LogP contribution in [0.3, 0.4) is 0 Å². The molecule has 0 aliphatic rings. The molecule has 3 N–H and O–H groups in total. The Morgan fingerprint density at radius 1 is 1.28 bits per heavy atom. The summed E-state index contributed by atoms with van der Waals surface area (Å²) in [4.78, 5) is 11.9. The van der Waals surface area contributed by atoms with Crippen molar-refractivity contribution in [1.82, 2.24) is 5.32 Å². The molecular formula is C15H24N2O. The van der Waals surface area contributed by atoms with Crippen LogP contribution in [-0.4, -0.2) is 18.5 Å². The van der Waals surface area contributed by atoms with Gasteiger partial charge in [0.15, 0.2) is 0 Å². The number of hydrogen-bond donors (Lipinski definition) is 2. The number of carbonyl (C=O) groups is 1. The lowest BCUT2D eigenvalue weighted by Crippen LogP contribution is -2.49. The Kier molecular flexibility index (Phi) is 4.91. The van der Waals surface area contributed by atoms with Crippen LogP contribution in [0.2, 0.25) is 0 Å². The fourth-order valence-corrected chi connectivity index (χ4v) is 1.66. The summed E-state index contributed by atoms with van der Waals surface area (Å²) in [6.45, 7) is 8.62. The van der Waals surface area contributed by atoms with E-state index in [9.17, 15) is 4.79 Å². The van der Waals surface area contributed by atoms with Crippen molar-refractivity contribution in [2.75, 3.05) is 6.54 Å². The van der Waals surface area contributed by atoms with E-state index >= 15 is 0 Å². The van der Waals surface area contributed by atoms with Crippen molar-refractivity contribution in [2.45, 2.75) is 39.7 Å². The first kappa shape index (κ1) is 14.7. The molecule has 100 valence electrons. The lowest BCUT2D eigenvalue weighted by atomic mass is 9.87. The van der Waals surface area contributed by atoms with Gasteiger partial charge in [0.1, 0.15) is 0 Å². The molecule has 1 aromatic carbocycles. The number of carbonyl (C=O) groups excluding carboxylic acids is 1. The van der Waals surface area contributed by atoms with Gasteiger partial charge in [-0.3, -0.25) is 4.79 Å². The minimum Gasteiger partial charge on any atom is -0.354 e. The van der Waals surface area contributed by atoms with Gasteiger partial charge in [-0.15, -0.1) is 0 Å². The third-order valence-electron chi connectivity index (χ3n) is 3.17. The van der Waals surface area contributed by atoms with E-state index in [0.717, 1.165) is 0 Å². The molecule has 0 fully saturated rings. The van der Waals surface area contributed by atoms with Crippen molar-refractivity contribution in [1.29, 1.82) is 0 Å². The molecule has 1 rings (SSSR count). The SMILES string of the molecule is CC(CNC(=O)[C@H](N)C(C)(C)C)c1ccccc1. The Labute approximate surface area is 110 Å². The molecule has 18 heavy (non-hydrogen) atoms. The summed E-state index contributed by atoms with van der Waals surface area (Å²) in [6, 6.07) is 9.68. The smallest absolute Gasteiger partial charge is 0.237 e. The molecule has 0 radical (unpaired) electrons. The van der Waals surface area contributed by atoms with Gasteiger partial charge in [-0.05, 0) is 16.9 Å². The van der Waals surface area contributed by atoms with Gasteiger partial charge >= 0.3 is 0 Å². The summed E-state index contributed by atoms with van der Waals surface area (Å²) in [5, 5.41) is 2.92. The van der Waals surface area contributed by atoms with E-state index in [0.29, 0.717) is 12.5 Å². The topological polar surface area (TPSA) is 55.1 Å². The molecule has 0 aliphatic carbocycles. The summed E-state index contributed by atoms with van der Waals surface area (Å²) in [6.07, 6.45) is 0. The fraction of sp³-hybridized carbons (Fsp3) is 0.533. The molecule has 2 atom stereocenters. The number of nitrogens with one attached hydrogen (secondary N) is 1. The molecule has 1 unspecified atom stereocenters. The van der Waals surface area contributed by atoms with Crippen molar-refractivity contribution in [3.05, 3.63) is 35.9 Å². The summed E-state index contributed by atoms with van der Waals surface area (Å²) in [5.74, 6) is 0.215. The highest BCUT2D eigenvalue weighted by molar-refractivity contribution is 5.82. The maximum absolute atomic E-state index is 11.9. The lowest BCUT2D eigenvalue weighted by Gasteiger charge is -2.26. The van der Waals surface area contributed by atoms with Crippen LogP contribution in [-0.2, 0) is 4.79 Å². The average molecular weight is 248 g/mol. The minimum absolute atomic E-state index is 0.0784. The van der Waals surface area contributed by atoms with Gasteiger partial charge in [0.05, 0.1) is 6.04 Å². The molecule has 0 bridgehead atoms. The van der Waals surface area contributed by atoms with Gasteiger partial charge in [0, 0.05) is 6.54 Å². The molecule has 0 aromatic heterocycles. The second-order valence-electron chi connectivity index (χ2n) is 5.90. The number of nitrogens with two attached hydrogens (primary N) is 1. The number of benzene rings is 1. The minimum atomic E-state index is -0.472. The van der Waals surface area contributed by atoms with Gasteiger partial charge in [0.25, 0.3) is 0 Å². The lowest BCUT2D eigenvalue weighted by molar-refractivity contribution is -0.124. The molecular weight excluding hydrogens is 224 g/mol. The van der Waals surface area contributed by atoms with Gasteiger partial charge in [-0.2, -0.15) is 0 Å². The quantitative estimate of drug-likeness (QED) is 0.859. The van der Waals surface area contributed by atoms with Crippen LogP contribution >= 0.6 is 0 Å². The predicted octanol–water partition coefficient (Wildman–Crippen LogP) is 2.28. The summed E-state index contributed by atoms with van der Waals surface area (Å²) < 4.78 is 0. The van der Waals surface area contributed by atoms with Crippen LogP contribution in [0, 0.1) is 5.41 Å². The Morgan fingerprint density at radius 3 is 2.33 bits per heavy atom. The van der Waals surface area contributed by atoms with E-state index in [1.807, 2.05) is 39.0 Å². The molecule has 0 spiro atoms. The first-order valence-electron chi connectivity index (χ1n) is 6.40. The molecule has 0 aliphatic heterocycles. The van der Waals surface area contributed by atoms with E-state index in [-0.39, 0.29) is 11.3 Å². The van der Waals surface area contributed by atoms with Crippen molar-refractivity contribution >= 4 is 5.91 Å². The monoisotopic (exact) mass is 248 g/mol. The van der Waals surface area contributed by atoms with Crippen LogP contribution in [0.15, 0.2) is 30.3 Å². The van der Waals surface area contributed by atoms with E-state index in [1.165, 1.54) is 5.56 Å². The van der Waals surface area contributed by atoms with Gasteiger partial charge < -0.3 is 11.1 Å². The molecule has 0 heterocycles. The Bertz CT molecular complexity index is 381. The molecule has 1 amide bonds. The summed E-state index contributed by atoms with van der Waals surface area (Å²) in [7, 11) is 0. The Hall–Kier alpha value is -1.35. The van der Waals surface area contributed by atoms with E-state index in [2.05, 4.69) is 24.4 Å². The molecule has 3 heteroatoms. The van der Waals surface area contributed by atoms with E-state index < -0.39 is 6.04 Å². The first-order chi connectivity index (χ1) is 8.32. The third kappa shape index (κ3) is 4.15. The van der Waals surface area contributed by atoms with Crippen LogP contribution in [0.25, 0.3) is 0 Å². The number of hydrogen-bond acceptors (Lipinski definition) is 2.